The maximum atomic E-state index is 5.35. The molecule has 1 atom stereocenters. The summed E-state index contributed by atoms with van der Waals surface area (Å²) in [4.78, 5) is 4.36. The van der Waals surface area contributed by atoms with Crippen molar-refractivity contribution in [3.8, 4) is 0 Å². The van der Waals surface area contributed by atoms with Gasteiger partial charge in [0.05, 0.1) is 25.9 Å². The van der Waals surface area contributed by atoms with Crippen LogP contribution in [0.15, 0.2) is 4.52 Å². The molecule has 6 heteroatoms. The Kier molecular flexibility index (Phi) is 4.90. The van der Waals surface area contributed by atoms with Crippen LogP contribution in [0, 0.1) is 0 Å². The summed E-state index contributed by atoms with van der Waals surface area (Å²) in [5.74, 6) is 1.42. The molecule has 2 heterocycles. The highest BCUT2D eigenvalue weighted by Gasteiger charge is 2.21. The molecule has 1 fully saturated rings. The monoisotopic (exact) mass is 241 g/mol. The largest absolute Gasteiger partial charge is 0.382 e. The average Bonchev–Trinajstić information content (AvgIpc) is 2.99. The molecule has 0 saturated carbocycles. The fourth-order valence-corrected chi connectivity index (χ4v) is 1.81. The molecule has 6 nitrogen and oxygen atoms in total. The van der Waals surface area contributed by atoms with Gasteiger partial charge in [-0.3, -0.25) is 0 Å². The zero-order valence-electron chi connectivity index (χ0n) is 10.1. The molecule has 2 rings (SSSR count). The molecule has 17 heavy (non-hydrogen) atoms. The molecule has 1 aliphatic heterocycles. The maximum absolute atomic E-state index is 5.35. The van der Waals surface area contributed by atoms with Gasteiger partial charge in [-0.15, -0.1) is 0 Å². The van der Waals surface area contributed by atoms with E-state index in [1.165, 1.54) is 6.42 Å². The Balaban J connectivity index is 1.70. The number of aromatic nitrogens is 2. The van der Waals surface area contributed by atoms with Crippen molar-refractivity contribution in [2.75, 3.05) is 33.5 Å². The van der Waals surface area contributed by atoms with Crippen LogP contribution in [-0.4, -0.2) is 43.6 Å². The molecule has 0 amide bonds. The van der Waals surface area contributed by atoms with Crippen molar-refractivity contribution in [3.63, 3.8) is 0 Å². The molecule has 1 saturated heterocycles. The van der Waals surface area contributed by atoms with E-state index in [0.29, 0.717) is 38.0 Å². The third-order valence-corrected chi connectivity index (χ3v) is 2.74. The van der Waals surface area contributed by atoms with Gasteiger partial charge in [0.25, 0.3) is 0 Å². The minimum Gasteiger partial charge on any atom is -0.382 e. The van der Waals surface area contributed by atoms with E-state index in [0.717, 1.165) is 13.0 Å². The van der Waals surface area contributed by atoms with E-state index >= 15 is 0 Å². The molecule has 0 aromatic carbocycles. The number of ether oxygens (including phenoxy) is 2. The second-order valence-electron chi connectivity index (χ2n) is 4.05. The number of nitrogens with zero attached hydrogens (tertiary/aromatic N) is 2. The van der Waals surface area contributed by atoms with Gasteiger partial charge in [0.1, 0.15) is 0 Å². The highest BCUT2D eigenvalue weighted by Crippen LogP contribution is 2.20. The standard InChI is InChI=1S/C11H19N3O3/c1-15-7-8-16-6-4-10-13-11(17-14-10)9-3-2-5-12-9/h9,12H,2-8H2,1H3/t9-/m0/s1. The van der Waals surface area contributed by atoms with Crippen LogP contribution in [0.1, 0.15) is 30.6 Å². The second-order valence-corrected chi connectivity index (χ2v) is 4.05. The third kappa shape index (κ3) is 3.76. The Morgan fingerprint density at radius 2 is 2.35 bits per heavy atom. The minimum absolute atomic E-state index is 0.241. The highest BCUT2D eigenvalue weighted by molar-refractivity contribution is 4.95. The van der Waals surface area contributed by atoms with Gasteiger partial charge >= 0.3 is 0 Å². The molecule has 1 aromatic heterocycles. The van der Waals surface area contributed by atoms with Crippen LogP contribution >= 0.6 is 0 Å². The second kappa shape index (κ2) is 6.68. The Labute approximate surface area is 101 Å². The van der Waals surface area contributed by atoms with Crippen molar-refractivity contribution in [1.82, 2.24) is 15.5 Å². The summed E-state index contributed by atoms with van der Waals surface area (Å²) in [6.07, 6.45) is 2.93. The topological polar surface area (TPSA) is 69.4 Å². The third-order valence-electron chi connectivity index (χ3n) is 2.74. The molecule has 0 spiro atoms. The zero-order valence-corrected chi connectivity index (χ0v) is 10.1. The zero-order chi connectivity index (χ0) is 11.9. The predicted octanol–water partition coefficient (Wildman–Crippen LogP) is 0.700. The van der Waals surface area contributed by atoms with Crippen molar-refractivity contribution in [2.24, 2.45) is 0 Å². The normalized spacial score (nSPS) is 19.9. The summed E-state index contributed by atoms with van der Waals surface area (Å²) < 4.78 is 15.5. The quantitative estimate of drug-likeness (QED) is 0.709. The van der Waals surface area contributed by atoms with E-state index in [4.69, 9.17) is 14.0 Å². The smallest absolute Gasteiger partial charge is 0.243 e. The number of nitrogens with one attached hydrogen (secondary N) is 1. The van der Waals surface area contributed by atoms with Gasteiger partial charge in [-0.1, -0.05) is 5.16 Å². The van der Waals surface area contributed by atoms with Crippen molar-refractivity contribution < 1.29 is 14.0 Å². The molecule has 0 unspecified atom stereocenters. The summed E-state index contributed by atoms with van der Waals surface area (Å²) in [5.41, 5.74) is 0. The molecule has 0 bridgehead atoms. The number of methoxy groups -OCH3 is 1. The first-order valence-corrected chi connectivity index (χ1v) is 6.02. The van der Waals surface area contributed by atoms with Gasteiger partial charge in [-0.05, 0) is 19.4 Å². The molecule has 1 aliphatic rings. The lowest BCUT2D eigenvalue weighted by atomic mass is 10.2. The highest BCUT2D eigenvalue weighted by atomic mass is 16.5. The summed E-state index contributed by atoms with van der Waals surface area (Å²) in [6.45, 7) is 2.85. The lowest BCUT2D eigenvalue weighted by Crippen LogP contribution is -2.13. The van der Waals surface area contributed by atoms with Crippen molar-refractivity contribution in [3.05, 3.63) is 11.7 Å². The molecule has 0 radical (unpaired) electrons. The summed E-state index contributed by atoms with van der Waals surface area (Å²) in [5, 5.41) is 7.27. The van der Waals surface area contributed by atoms with Gasteiger partial charge in [0.2, 0.25) is 5.89 Å². The molecular weight excluding hydrogens is 222 g/mol. The van der Waals surface area contributed by atoms with Crippen LogP contribution < -0.4 is 5.32 Å². The van der Waals surface area contributed by atoms with E-state index in [9.17, 15) is 0 Å². The van der Waals surface area contributed by atoms with E-state index in [2.05, 4.69) is 15.5 Å². The fraction of sp³-hybridized carbons (Fsp3) is 0.818. The first-order valence-electron chi connectivity index (χ1n) is 6.02. The van der Waals surface area contributed by atoms with Crippen molar-refractivity contribution in [2.45, 2.75) is 25.3 Å². The van der Waals surface area contributed by atoms with E-state index in [1.807, 2.05) is 0 Å². The van der Waals surface area contributed by atoms with Gasteiger partial charge in [0.15, 0.2) is 5.82 Å². The lowest BCUT2D eigenvalue weighted by Gasteiger charge is -2.01. The number of rotatable bonds is 7. The van der Waals surface area contributed by atoms with Crippen molar-refractivity contribution >= 4 is 0 Å². The van der Waals surface area contributed by atoms with Crippen LogP contribution in [0.5, 0.6) is 0 Å². The Morgan fingerprint density at radius 1 is 1.41 bits per heavy atom. The van der Waals surface area contributed by atoms with Gasteiger partial charge in [0, 0.05) is 13.5 Å². The molecule has 0 aliphatic carbocycles. The Morgan fingerprint density at radius 3 is 3.12 bits per heavy atom. The van der Waals surface area contributed by atoms with Crippen molar-refractivity contribution in [1.29, 1.82) is 0 Å². The molecule has 1 aromatic rings. The van der Waals surface area contributed by atoms with Gasteiger partial charge < -0.3 is 19.3 Å². The van der Waals surface area contributed by atoms with Gasteiger partial charge in [-0.25, -0.2) is 0 Å². The SMILES string of the molecule is COCCOCCc1noc([C@@H]2CCCN2)n1. The maximum Gasteiger partial charge on any atom is 0.243 e. The van der Waals surface area contributed by atoms with Crippen LogP contribution in [0.2, 0.25) is 0 Å². The first kappa shape index (κ1) is 12.5. The Hall–Kier alpha value is -0.980. The minimum atomic E-state index is 0.241. The summed E-state index contributed by atoms with van der Waals surface area (Å²) in [7, 11) is 1.66. The summed E-state index contributed by atoms with van der Waals surface area (Å²) in [6, 6.07) is 0.241. The van der Waals surface area contributed by atoms with Crippen LogP contribution in [0.3, 0.4) is 0 Å². The van der Waals surface area contributed by atoms with Crippen LogP contribution in [0.25, 0.3) is 0 Å². The number of hydrogen-bond donors (Lipinski definition) is 1. The first-order chi connectivity index (χ1) is 8.40. The fourth-order valence-electron chi connectivity index (χ4n) is 1.81. The van der Waals surface area contributed by atoms with E-state index < -0.39 is 0 Å². The van der Waals surface area contributed by atoms with Crippen LogP contribution in [-0.2, 0) is 15.9 Å². The van der Waals surface area contributed by atoms with E-state index in [1.54, 1.807) is 7.11 Å². The lowest BCUT2D eigenvalue weighted by molar-refractivity contribution is 0.0714. The number of hydrogen-bond acceptors (Lipinski definition) is 6. The molecule has 96 valence electrons. The average molecular weight is 241 g/mol. The Bertz CT molecular complexity index is 324. The molecule has 1 N–H and O–H groups in total. The summed E-state index contributed by atoms with van der Waals surface area (Å²) >= 11 is 0. The van der Waals surface area contributed by atoms with Gasteiger partial charge in [-0.2, -0.15) is 4.98 Å². The predicted molar refractivity (Wildman–Crippen MR) is 60.7 cm³/mol. The molecular formula is C11H19N3O3. The van der Waals surface area contributed by atoms with E-state index in [-0.39, 0.29) is 6.04 Å². The van der Waals surface area contributed by atoms with Crippen LogP contribution in [0.4, 0.5) is 0 Å².